The van der Waals surface area contributed by atoms with E-state index in [1.807, 2.05) is 0 Å². The van der Waals surface area contributed by atoms with Crippen LogP contribution in [0.3, 0.4) is 0 Å². The number of rotatable bonds is 7. The maximum atomic E-state index is 11.3. The maximum absolute atomic E-state index is 11.3. The van der Waals surface area contributed by atoms with Crippen LogP contribution in [0.4, 0.5) is 0 Å². The van der Waals surface area contributed by atoms with Crippen LogP contribution in [0.1, 0.15) is 44.9 Å². The summed E-state index contributed by atoms with van der Waals surface area (Å²) in [7, 11) is 1.59. The van der Waals surface area contributed by atoms with Crippen molar-refractivity contribution in [2.75, 3.05) is 20.3 Å². The van der Waals surface area contributed by atoms with Crippen LogP contribution in [0.2, 0.25) is 0 Å². The molecule has 0 aliphatic heterocycles. The van der Waals surface area contributed by atoms with Crippen LogP contribution in [0.25, 0.3) is 0 Å². The average Bonchev–Trinajstić information content (AvgIpc) is 2.34. The molecule has 100 valence electrons. The van der Waals surface area contributed by atoms with Gasteiger partial charge in [0.15, 0.2) is 0 Å². The van der Waals surface area contributed by atoms with Gasteiger partial charge in [-0.2, -0.15) is 0 Å². The number of methoxy groups -OCH3 is 1. The number of aliphatic hydroxyl groups is 1. The number of hydrogen-bond acceptors (Lipinski definition) is 3. The van der Waals surface area contributed by atoms with Crippen molar-refractivity contribution in [3.63, 3.8) is 0 Å². The van der Waals surface area contributed by atoms with Crippen molar-refractivity contribution in [2.45, 2.75) is 51.0 Å². The molecule has 0 spiro atoms. The standard InChI is InChI=1S/C13H25NO3/c1-17-10-8-13(16)14-9-4-6-11-5-2-3-7-12(11)15/h11-12,15H,2-10H2,1H3,(H,14,16). The zero-order valence-corrected chi connectivity index (χ0v) is 10.8. The second-order valence-electron chi connectivity index (χ2n) is 4.85. The molecule has 4 heteroatoms. The first-order valence-corrected chi connectivity index (χ1v) is 6.67. The van der Waals surface area contributed by atoms with Gasteiger partial charge in [-0.05, 0) is 31.6 Å². The molecule has 0 saturated heterocycles. The Kier molecular flexibility index (Phi) is 7.21. The molecule has 0 radical (unpaired) electrons. The summed E-state index contributed by atoms with van der Waals surface area (Å²) in [6, 6.07) is 0. The Bertz CT molecular complexity index is 221. The van der Waals surface area contributed by atoms with Gasteiger partial charge in [0.1, 0.15) is 0 Å². The third-order valence-electron chi connectivity index (χ3n) is 3.48. The molecule has 0 bridgehead atoms. The first-order valence-electron chi connectivity index (χ1n) is 6.67. The minimum atomic E-state index is -0.118. The van der Waals surface area contributed by atoms with Crippen LogP contribution in [0, 0.1) is 5.92 Å². The van der Waals surface area contributed by atoms with E-state index >= 15 is 0 Å². The Balaban J connectivity index is 2.01. The van der Waals surface area contributed by atoms with Gasteiger partial charge in [0.2, 0.25) is 5.91 Å². The molecule has 0 aromatic carbocycles. The molecule has 1 rings (SSSR count). The molecule has 2 atom stereocenters. The van der Waals surface area contributed by atoms with Crippen molar-refractivity contribution in [1.82, 2.24) is 5.32 Å². The van der Waals surface area contributed by atoms with Gasteiger partial charge in [0.05, 0.1) is 12.7 Å². The summed E-state index contributed by atoms with van der Waals surface area (Å²) in [5.41, 5.74) is 0. The Hall–Kier alpha value is -0.610. The molecule has 1 aliphatic carbocycles. The fourth-order valence-corrected chi connectivity index (χ4v) is 2.40. The molecular formula is C13H25NO3. The fourth-order valence-electron chi connectivity index (χ4n) is 2.40. The molecular weight excluding hydrogens is 218 g/mol. The third-order valence-corrected chi connectivity index (χ3v) is 3.48. The lowest BCUT2D eigenvalue weighted by atomic mass is 9.83. The van der Waals surface area contributed by atoms with Crippen LogP contribution in [0.15, 0.2) is 0 Å². The number of carbonyl (C=O) groups is 1. The normalized spacial score (nSPS) is 24.6. The molecule has 0 aromatic rings. The van der Waals surface area contributed by atoms with Gasteiger partial charge in [-0.3, -0.25) is 4.79 Å². The van der Waals surface area contributed by atoms with E-state index < -0.39 is 0 Å². The van der Waals surface area contributed by atoms with Gasteiger partial charge in [-0.1, -0.05) is 12.8 Å². The number of ether oxygens (including phenoxy) is 1. The fraction of sp³-hybridized carbons (Fsp3) is 0.923. The van der Waals surface area contributed by atoms with Crippen LogP contribution < -0.4 is 5.32 Å². The van der Waals surface area contributed by atoms with Crippen molar-refractivity contribution in [3.8, 4) is 0 Å². The van der Waals surface area contributed by atoms with Gasteiger partial charge in [-0.15, -0.1) is 0 Å². The van der Waals surface area contributed by atoms with Crippen LogP contribution in [-0.4, -0.2) is 37.4 Å². The van der Waals surface area contributed by atoms with Crippen molar-refractivity contribution >= 4 is 5.91 Å². The number of nitrogens with one attached hydrogen (secondary N) is 1. The molecule has 2 N–H and O–H groups in total. The first kappa shape index (κ1) is 14.5. The third kappa shape index (κ3) is 6.03. The van der Waals surface area contributed by atoms with Gasteiger partial charge < -0.3 is 15.2 Å². The zero-order valence-electron chi connectivity index (χ0n) is 10.8. The van der Waals surface area contributed by atoms with E-state index in [4.69, 9.17) is 4.74 Å². The highest BCUT2D eigenvalue weighted by Gasteiger charge is 2.22. The number of amides is 1. The Morgan fingerprint density at radius 1 is 1.41 bits per heavy atom. The van der Waals surface area contributed by atoms with E-state index in [1.165, 1.54) is 6.42 Å². The Labute approximate surface area is 104 Å². The van der Waals surface area contributed by atoms with Crippen LogP contribution in [0.5, 0.6) is 0 Å². The largest absolute Gasteiger partial charge is 0.393 e. The summed E-state index contributed by atoms with van der Waals surface area (Å²) < 4.78 is 4.83. The minimum Gasteiger partial charge on any atom is -0.393 e. The smallest absolute Gasteiger partial charge is 0.222 e. The lowest BCUT2D eigenvalue weighted by Crippen LogP contribution is -2.28. The first-order chi connectivity index (χ1) is 8.24. The minimum absolute atomic E-state index is 0.0519. The molecule has 2 unspecified atom stereocenters. The van der Waals surface area contributed by atoms with Gasteiger partial charge in [-0.25, -0.2) is 0 Å². The topological polar surface area (TPSA) is 58.6 Å². The number of hydrogen-bond donors (Lipinski definition) is 2. The van der Waals surface area contributed by atoms with Crippen molar-refractivity contribution < 1.29 is 14.6 Å². The SMILES string of the molecule is COCCC(=O)NCCCC1CCCCC1O. The van der Waals surface area contributed by atoms with Gasteiger partial charge in [0.25, 0.3) is 0 Å². The highest BCUT2D eigenvalue weighted by molar-refractivity contribution is 5.75. The second kappa shape index (κ2) is 8.48. The average molecular weight is 243 g/mol. The summed E-state index contributed by atoms with van der Waals surface area (Å²) in [5.74, 6) is 0.496. The molecule has 0 aromatic heterocycles. The highest BCUT2D eigenvalue weighted by Crippen LogP contribution is 2.27. The van der Waals surface area contributed by atoms with Crippen LogP contribution >= 0.6 is 0 Å². The highest BCUT2D eigenvalue weighted by atomic mass is 16.5. The van der Waals surface area contributed by atoms with Crippen LogP contribution in [-0.2, 0) is 9.53 Å². The van der Waals surface area contributed by atoms with E-state index in [2.05, 4.69) is 5.32 Å². The number of carbonyl (C=O) groups excluding carboxylic acids is 1. The molecule has 1 aliphatic rings. The van der Waals surface area contributed by atoms with E-state index in [1.54, 1.807) is 7.11 Å². The summed E-state index contributed by atoms with van der Waals surface area (Å²) in [5, 5.41) is 12.7. The molecule has 0 heterocycles. The quantitative estimate of drug-likeness (QED) is 0.666. The number of aliphatic hydroxyl groups excluding tert-OH is 1. The van der Waals surface area contributed by atoms with E-state index in [0.29, 0.717) is 25.5 Å². The van der Waals surface area contributed by atoms with Crippen molar-refractivity contribution in [1.29, 1.82) is 0 Å². The lowest BCUT2D eigenvalue weighted by Gasteiger charge is -2.27. The van der Waals surface area contributed by atoms with Gasteiger partial charge >= 0.3 is 0 Å². The predicted molar refractivity (Wildman–Crippen MR) is 66.7 cm³/mol. The molecule has 17 heavy (non-hydrogen) atoms. The Morgan fingerprint density at radius 2 is 2.18 bits per heavy atom. The van der Waals surface area contributed by atoms with E-state index in [9.17, 15) is 9.90 Å². The Morgan fingerprint density at radius 3 is 2.88 bits per heavy atom. The zero-order chi connectivity index (χ0) is 12.5. The molecule has 1 fully saturated rings. The summed E-state index contributed by atoms with van der Waals surface area (Å²) in [6.07, 6.45) is 6.78. The molecule has 4 nitrogen and oxygen atoms in total. The predicted octanol–water partition coefficient (Wildman–Crippen LogP) is 1.47. The maximum Gasteiger partial charge on any atom is 0.222 e. The van der Waals surface area contributed by atoms with Crippen molar-refractivity contribution in [2.24, 2.45) is 5.92 Å². The monoisotopic (exact) mass is 243 g/mol. The van der Waals surface area contributed by atoms with E-state index in [0.717, 1.165) is 32.1 Å². The summed E-state index contributed by atoms with van der Waals surface area (Å²) >= 11 is 0. The molecule has 1 amide bonds. The van der Waals surface area contributed by atoms with Gasteiger partial charge in [0, 0.05) is 20.1 Å². The second-order valence-corrected chi connectivity index (χ2v) is 4.85. The molecule has 1 saturated carbocycles. The summed E-state index contributed by atoms with van der Waals surface area (Å²) in [6.45, 7) is 1.19. The lowest BCUT2D eigenvalue weighted by molar-refractivity contribution is -0.121. The van der Waals surface area contributed by atoms with Crippen molar-refractivity contribution in [3.05, 3.63) is 0 Å². The van der Waals surface area contributed by atoms with E-state index in [-0.39, 0.29) is 12.0 Å². The summed E-state index contributed by atoms with van der Waals surface area (Å²) in [4.78, 5) is 11.3.